The molecule has 2 aromatic rings. The summed E-state index contributed by atoms with van der Waals surface area (Å²) >= 11 is 1.45. The minimum absolute atomic E-state index is 0.0575. The van der Waals surface area contributed by atoms with Gasteiger partial charge in [-0.05, 0) is 129 Å². The Labute approximate surface area is 407 Å². The zero-order valence-corrected chi connectivity index (χ0v) is 40.2. The number of ether oxygens (including phenoxy) is 1. The number of benzene rings is 1. The summed E-state index contributed by atoms with van der Waals surface area (Å²) < 4.78 is 6.03. The number of esters is 1. The molecular weight excluding hydrogens is 897 g/mol. The highest BCUT2D eigenvalue weighted by molar-refractivity contribution is 8.01. The number of pyridine rings is 1. The van der Waals surface area contributed by atoms with Gasteiger partial charge in [0.05, 0.1) is 4.75 Å². The van der Waals surface area contributed by atoms with Crippen molar-refractivity contribution in [2.45, 2.75) is 125 Å². The maximum Gasteiger partial charge on any atom is 0.353 e. The van der Waals surface area contributed by atoms with Crippen molar-refractivity contribution in [3.63, 3.8) is 0 Å². The van der Waals surface area contributed by atoms with Crippen LogP contribution >= 0.6 is 11.8 Å². The number of carbonyl (C=O) groups excluding carboxylic acids is 3. The Hall–Kier alpha value is -5.13. The van der Waals surface area contributed by atoms with Gasteiger partial charge in [0.25, 0.3) is 0 Å². The number of hydrogen-bond donors (Lipinski definition) is 8. The number of aliphatic hydroxyl groups is 1. The van der Waals surface area contributed by atoms with Gasteiger partial charge in [0.15, 0.2) is 0 Å². The van der Waals surface area contributed by atoms with Crippen LogP contribution in [0.2, 0.25) is 0 Å². The predicted molar refractivity (Wildman–Crippen MR) is 261 cm³/mol. The molecule has 69 heavy (non-hydrogen) atoms. The molecule has 0 radical (unpaired) electrons. The van der Waals surface area contributed by atoms with Crippen LogP contribution in [0.3, 0.4) is 0 Å². The number of nitrogens with zero attached hydrogens (tertiary/aromatic N) is 1. The van der Waals surface area contributed by atoms with Crippen molar-refractivity contribution in [2.75, 3.05) is 26.0 Å². The second-order valence-corrected chi connectivity index (χ2v) is 21.6. The lowest BCUT2D eigenvalue weighted by Crippen LogP contribution is -2.55. The Balaban J connectivity index is 1.14. The van der Waals surface area contributed by atoms with E-state index >= 15 is 4.79 Å². The Kier molecular flexibility index (Phi) is 14.7. The van der Waals surface area contributed by atoms with Crippen molar-refractivity contribution in [3.8, 4) is 0 Å². The molecule has 1 aromatic heterocycles. The second kappa shape index (κ2) is 20.7. The van der Waals surface area contributed by atoms with Crippen molar-refractivity contribution in [1.82, 2.24) is 31.6 Å². The van der Waals surface area contributed by atoms with E-state index in [-0.39, 0.29) is 48.6 Å². The number of rotatable bonds is 17. The first-order valence-electron chi connectivity index (χ1n) is 24.9. The number of allylic oxidation sites excluding steroid dienone is 3. The summed E-state index contributed by atoms with van der Waals surface area (Å²) in [6, 6.07) is 10.2. The number of nitrogens with one attached hydrogen (secondary N) is 5. The molecule has 15 nitrogen and oxygen atoms in total. The smallest absolute Gasteiger partial charge is 0.353 e. The summed E-state index contributed by atoms with van der Waals surface area (Å²) in [5.41, 5.74) is 6.16. The molecule has 7 aliphatic rings. The Morgan fingerprint density at radius 3 is 2.45 bits per heavy atom. The predicted octanol–water partition coefficient (Wildman–Crippen LogP) is 5.17. The molecule has 1 aromatic carbocycles. The summed E-state index contributed by atoms with van der Waals surface area (Å²) in [6.07, 6.45) is 22.0. The fourth-order valence-corrected chi connectivity index (χ4v) is 14.8. The van der Waals surface area contributed by atoms with E-state index in [2.05, 4.69) is 92.3 Å². The Morgan fingerprint density at radius 1 is 0.942 bits per heavy atom. The summed E-state index contributed by atoms with van der Waals surface area (Å²) in [4.78, 5) is 71.3. The van der Waals surface area contributed by atoms with E-state index in [0.717, 1.165) is 100 Å². The largest absolute Gasteiger partial charge is 0.480 e. The number of hydrogen-bond acceptors (Lipinski definition) is 12. The fraction of sp³-hybridized carbons (Fsp3) is 0.547. The molecule has 8 N–H and O–H groups in total. The molecule has 2 fully saturated rings. The van der Waals surface area contributed by atoms with Crippen LogP contribution in [-0.4, -0.2) is 105 Å². The molecule has 9 rings (SSSR count). The minimum atomic E-state index is -2.23. The van der Waals surface area contributed by atoms with Gasteiger partial charge in [-0.2, -0.15) is 0 Å². The van der Waals surface area contributed by atoms with Crippen LogP contribution in [0.5, 0.6) is 0 Å². The van der Waals surface area contributed by atoms with E-state index in [1.54, 1.807) is 7.05 Å². The van der Waals surface area contributed by atoms with E-state index in [1.807, 2.05) is 12.4 Å². The Morgan fingerprint density at radius 2 is 1.70 bits per heavy atom. The third-order valence-electron chi connectivity index (χ3n) is 16.3. The highest BCUT2D eigenvalue weighted by Crippen LogP contribution is 2.69. The number of thioether (sulfide) groups is 1. The Bertz CT molecular complexity index is 2430. The first kappa shape index (κ1) is 48.9. The van der Waals surface area contributed by atoms with Gasteiger partial charge < -0.3 is 41.3 Å². The first-order chi connectivity index (χ1) is 33.4. The van der Waals surface area contributed by atoms with Gasteiger partial charge in [-0.3, -0.25) is 29.5 Å². The maximum atomic E-state index is 15.5. The molecule has 16 heteroatoms. The van der Waals surface area contributed by atoms with E-state index in [4.69, 9.17) is 4.74 Å². The van der Waals surface area contributed by atoms with Gasteiger partial charge in [0.2, 0.25) is 18.0 Å². The molecule has 368 valence electrons. The van der Waals surface area contributed by atoms with Crippen LogP contribution in [-0.2, 0) is 41.6 Å². The number of carboxylic acids is 2. The van der Waals surface area contributed by atoms with Crippen molar-refractivity contribution >= 4 is 47.6 Å². The molecule has 1 saturated heterocycles. The average Bonchev–Trinajstić information content (AvgIpc) is 3.91. The number of carboxylic acid groups (broad SMARTS) is 2. The number of piperidine rings is 1. The summed E-state index contributed by atoms with van der Waals surface area (Å²) in [5, 5.41) is 44.3. The van der Waals surface area contributed by atoms with E-state index < -0.39 is 58.1 Å². The standard InChI is InChI=1S/C53H66N6O9S/c1-54-31-57-38(48(63)64)13-14-40(60)58-39(46(61)59-47(62)49(65)66)30-69-53-23-22-51(18-5-2-6-19-52(53)20-7-8-21-52)29-36(27-32-15-24-55-25-16-32)41(42-43(51)45(53)68-50(42)67)44-37-28-35-10-4-3-9-33(35)11-12-34(37)17-26-56-44/h3-4,9-12,15-16,22-25,34,37-39,42,44,47,54,56-57,62H,2,5-8,13-14,17-21,26-31H2,1H3,(H,58,60)(H,59,61)(H,63,64)(H,65,66). The zero-order valence-electron chi connectivity index (χ0n) is 39.3. The average molecular weight is 963 g/mol. The van der Waals surface area contributed by atoms with Crippen molar-refractivity contribution in [3.05, 3.63) is 106 Å². The zero-order chi connectivity index (χ0) is 48.3. The minimum Gasteiger partial charge on any atom is -0.480 e. The van der Waals surface area contributed by atoms with Crippen LogP contribution in [0.4, 0.5) is 0 Å². The lowest BCUT2D eigenvalue weighted by atomic mass is 9.54. The number of carbonyl (C=O) groups is 5. The van der Waals surface area contributed by atoms with Crippen molar-refractivity contribution in [1.29, 1.82) is 0 Å². The highest BCUT2D eigenvalue weighted by Gasteiger charge is 2.65. The summed E-state index contributed by atoms with van der Waals surface area (Å²) in [5.74, 6) is -4.16. The van der Waals surface area contributed by atoms with Crippen molar-refractivity contribution < 1.29 is 44.0 Å². The fourth-order valence-electron chi connectivity index (χ4n) is 13.1. The molecule has 3 heterocycles. The van der Waals surface area contributed by atoms with E-state index in [0.29, 0.717) is 18.1 Å². The third kappa shape index (κ3) is 9.59. The van der Waals surface area contributed by atoms with E-state index in [9.17, 15) is 34.5 Å². The summed E-state index contributed by atoms with van der Waals surface area (Å²) in [6.45, 7) is 0.998. The number of aliphatic carboxylic acids is 2. The molecule has 2 spiro atoms. The molecule has 9 atom stereocenters. The van der Waals surface area contributed by atoms with Gasteiger partial charge in [-0.1, -0.05) is 86.2 Å². The number of aliphatic hydroxyl groups excluding tert-OH is 1. The molecule has 2 bridgehead atoms. The van der Waals surface area contributed by atoms with Gasteiger partial charge in [0, 0.05) is 42.7 Å². The van der Waals surface area contributed by atoms with Crippen LogP contribution in [0, 0.1) is 28.6 Å². The van der Waals surface area contributed by atoms with Crippen LogP contribution < -0.4 is 26.6 Å². The normalized spacial score (nSPS) is 29.0. The second-order valence-electron chi connectivity index (χ2n) is 20.3. The lowest BCUT2D eigenvalue weighted by molar-refractivity contribution is -0.151. The first-order valence-corrected chi connectivity index (χ1v) is 25.9. The molecule has 9 unspecified atom stereocenters. The monoisotopic (exact) mass is 962 g/mol. The molecule has 2 aliphatic heterocycles. The SMILES string of the molecule is CNCNC(CCC(=O)NC(CSC12C=CC3(CCCCCC14CCCC4)CC(Cc1ccncc1)=C(C1NCCC4C=Cc5ccccc5CC41)C1C(=O)OC2=C13)C(=O)NC(O)C(=O)O)C(=O)O. The number of fused-ring (bicyclic) bond motifs is 5. The van der Waals surface area contributed by atoms with Gasteiger partial charge in [-0.25, -0.2) is 4.79 Å². The molecule has 1 saturated carbocycles. The quantitative estimate of drug-likeness (QED) is 0.0582. The summed E-state index contributed by atoms with van der Waals surface area (Å²) in [7, 11) is 1.66. The van der Waals surface area contributed by atoms with E-state index in [1.165, 1.54) is 28.5 Å². The van der Waals surface area contributed by atoms with Gasteiger partial charge in [0.1, 0.15) is 23.8 Å². The van der Waals surface area contributed by atoms with Crippen LogP contribution in [0.1, 0.15) is 100 Å². The van der Waals surface area contributed by atoms with Crippen LogP contribution in [0.15, 0.2) is 89.5 Å². The number of amides is 2. The van der Waals surface area contributed by atoms with Gasteiger partial charge >= 0.3 is 17.9 Å². The maximum absolute atomic E-state index is 15.5. The third-order valence-corrected chi connectivity index (χ3v) is 18.0. The van der Waals surface area contributed by atoms with Crippen LogP contribution in [0.25, 0.3) is 6.08 Å². The van der Waals surface area contributed by atoms with Gasteiger partial charge in [-0.15, -0.1) is 11.8 Å². The topological polar surface area (TPSA) is 228 Å². The highest BCUT2D eigenvalue weighted by atomic mass is 32.2. The molecular formula is C53H66N6O9S. The molecule has 5 aliphatic carbocycles. The molecule has 2 amide bonds. The lowest BCUT2D eigenvalue weighted by Gasteiger charge is -2.54. The van der Waals surface area contributed by atoms with Crippen molar-refractivity contribution in [2.24, 2.45) is 28.6 Å². The number of aromatic nitrogens is 1.